The van der Waals surface area contributed by atoms with Gasteiger partial charge in [-0.05, 0) is 41.5 Å². The molecule has 96 valence electrons. The Kier molecular flexibility index (Phi) is 4.46. The summed E-state index contributed by atoms with van der Waals surface area (Å²) < 4.78 is 5.45. The lowest BCUT2D eigenvalue weighted by Crippen LogP contribution is -2.35. The minimum absolute atomic E-state index is 0.0968. The lowest BCUT2D eigenvalue weighted by Gasteiger charge is -2.21. The molecule has 0 aliphatic rings. The van der Waals surface area contributed by atoms with Crippen molar-refractivity contribution < 1.29 is 4.74 Å². The van der Waals surface area contributed by atoms with Crippen molar-refractivity contribution in [3.63, 3.8) is 0 Å². The van der Waals surface area contributed by atoms with Gasteiger partial charge in [-0.15, -0.1) is 0 Å². The summed E-state index contributed by atoms with van der Waals surface area (Å²) in [5, 5.41) is 3.42. The molecule has 1 rings (SSSR count). The second kappa shape index (κ2) is 5.45. The Hall–Kier alpha value is -1.16. The molecule has 0 bridgehead atoms. The van der Waals surface area contributed by atoms with Gasteiger partial charge in [0, 0.05) is 29.5 Å². The van der Waals surface area contributed by atoms with Crippen molar-refractivity contribution in [1.82, 2.24) is 15.3 Å². The Morgan fingerprint density at radius 1 is 1.35 bits per heavy atom. The maximum Gasteiger partial charge on any atom is 0.316 e. The number of hydrogen-bond acceptors (Lipinski definition) is 4. The quantitative estimate of drug-likeness (QED) is 0.874. The fraction of sp³-hybridized carbons (Fsp3) is 0.692. The third kappa shape index (κ3) is 5.13. The number of nitrogens with one attached hydrogen (secondary N) is 1. The molecule has 0 fully saturated rings. The fourth-order valence-electron chi connectivity index (χ4n) is 1.27. The van der Waals surface area contributed by atoms with Gasteiger partial charge in [0.1, 0.15) is 0 Å². The highest BCUT2D eigenvalue weighted by molar-refractivity contribution is 5.17. The van der Waals surface area contributed by atoms with Gasteiger partial charge in [-0.25, -0.2) is 9.97 Å². The molecule has 0 aliphatic heterocycles. The first-order chi connectivity index (χ1) is 7.78. The van der Waals surface area contributed by atoms with Crippen LogP contribution >= 0.6 is 0 Å². The van der Waals surface area contributed by atoms with Gasteiger partial charge < -0.3 is 10.1 Å². The lowest BCUT2D eigenvalue weighted by molar-refractivity contribution is 0.221. The molecule has 0 saturated heterocycles. The minimum atomic E-state index is 0.0968. The summed E-state index contributed by atoms with van der Waals surface area (Å²) in [6, 6.07) is 0.456. The van der Waals surface area contributed by atoms with Crippen LogP contribution in [0.25, 0.3) is 0 Å². The van der Waals surface area contributed by atoms with Crippen LogP contribution in [0, 0.1) is 6.92 Å². The molecule has 0 radical (unpaired) electrons. The molecule has 0 aromatic carbocycles. The molecular weight excluding hydrogens is 214 g/mol. The number of hydrogen-bond donors (Lipinski definition) is 1. The Balaban J connectivity index is 2.69. The SMILES string of the molecule is Cc1nc(OC(C)C)ncc1CNC(C)(C)C. The van der Waals surface area contributed by atoms with Gasteiger partial charge in [0.2, 0.25) is 0 Å². The van der Waals surface area contributed by atoms with E-state index in [1.807, 2.05) is 27.0 Å². The predicted molar refractivity (Wildman–Crippen MR) is 69.1 cm³/mol. The normalized spacial score (nSPS) is 11.9. The van der Waals surface area contributed by atoms with E-state index in [1.54, 1.807) is 0 Å². The van der Waals surface area contributed by atoms with E-state index in [1.165, 1.54) is 0 Å². The van der Waals surface area contributed by atoms with Gasteiger partial charge in [-0.1, -0.05) is 0 Å². The molecule has 1 heterocycles. The van der Waals surface area contributed by atoms with Crippen molar-refractivity contribution in [1.29, 1.82) is 0 Å². The van der Waals surface area contributed by atoms with Crippen molar-refractivity contribution in [2.75, 3.05) is 0 Å². The Labute approximate surface area is 104 Å². The molecule has 0 saturated carbocycles. The summed E-state index contributed by atoms with van der Waals surface area (Å²) in [5.41, 5.74) is 2.17. The van der Waals surface area contributed by atoms with E-state index in [-0.39, 0.29) is 11.6 Å². The molecular formula is C13H23N3O. The van der Waals surface area contributed by atoms with Crippen LogP contribution in [-0.4, -0.2) is 21.6 Å². The zero-order valence-corrected chi connectivity index (χ0v) is 11.7. The highest BCUT2D eigenvalue weighted by Gasteiger charge is 2.11. The van der Waals surface area contributed by atoms with E-state index in [4.69, 9.17) is 4.74 Å². The summed E-state index contributed by atoms with van der Waals surface area (Å²) in [4.78, 5) is 8.55. The van der Waals surface area contributed by atoms with Crippen LogP contribution in [0.4, 0.5) is 0 Å². The highest BCUT2D eigenvalue weighted by atomic mass is 16.5. The lowest BCUT2D eigenvalue weighted by atomic mass is 10.1. The van der Waals surface area contributed by atoms with Gasteiger partial charge >= 0.3 is 6.01 Å². The van der Waals surface area contributed by atoms with E-state index in [9.17, 15) is 0 Å². The number of nitrogens with zero attached hydrogens (tertiary/aromatic N) is 2. The molecule has 0 atom stereocenters. The molecule has 0 unspecified atom stereocenters. The first-order valence-electron chi connectivity index (χ1n) is 6.02. The zero-order valence-electron chi connectivity index (χ0n) is 11.7. The number of rotatable bonds is 4. The third-order valence-electron chi connectivity index (χ3n) is 2.21. The van der Waals surface area contributed by atoms with Gasteiger partial charge in [0.15, 0.2) is 0 Å². The molecule has 4 heteroatoms. The van der Waals surface area contributed by atoms with Crippen molar-refractivity contribution in [3.8, 4) is 6.01 Å². The molecule has 1 aromatic rings. The second-order valence-electron chi connectivity index (χ2n) is 5.53. The molecule has 1 aromatic heterocycles. The summed E-state index contributed by atoms with van der Waals surface area (Å²) in [5.74, 6) is 0. The smallest absolute Gasteiger partial charge is 0.316 e. The van der Waals surface area contributed by atoms with Gasteiger partial charge in [0.25, 0.3) is 0 Å². The highest BCUT2D eigenvalue weighted by Crippen LogP contribution is 2.11. The topological polar surface area (TPSA) is 47.0 Å². The van der Waals surface area contributed by atoms with Crippen LogP contribution < -0.4 is 10.1 Å². The van der Waals surface area contributed by atoms with Crippen molar-refractivity contribution in [2.24, 2.45) is 0 Å². The maximum atomic E-state index is 5.45. The molecule has 17 heavy (non-hydrogen) atoms. The average Bonchev–Trinajstić information content (AvgIpc) is 2.13. The van der Waals surface area contributed by atoms with Gasteiger partial charge in [0.05, 0.1) is 6.10 Å². The van der Waals surface area contributed by atoms with E-state index >= 15 is 0 Å². The molecule has 0 spiro atoms. The molecule has 4 nitrogen and oxygen atoms in total. The number of ether oxygens (including phenoxy) is 1. The van der Waals surface area contributed by atoms with Crippen LogP contribution in [0.1, 0.15) is 45.9 Å². The fourth-order valence-corrected chi connectivity index (χ4v) is 1.27. The predicted octanol–water partition coefficient (Wildman–Crippen LogP) is 2.46. The summed E-state index contributed by atoms with van der Waals surface area (Å²) >= 11 is 0. The van der Waals surface area contributed by atoms with E-state index < -0.39 is 0 Å². The van der Waals surface area contributed by atoms with E-state index in [2.05, 4.69) is 36.1 Å². The summed E-state index contributed by atoms with van der Waals surface area (Å²) in [7, 11) is 0. The van der Waals surface area contributed by atoms with Crippen molar-refractivity contribution in [3.05, 3.63) is 17.5 Å². The molecule has 0 amide bonds. The van der Waals surface area contributed by atoms with Crippen molar-refractivity contribution in [2.45, 2.75) is 59.7 Å². The standard InChI is InChI=1S/C13H23N3O/c1-9(2)17-12-14-7-11(10(3)16-12)8-15-13(4,5)6/h7,9,15H,8H2,1-6H3. The number of aryl methyl sites for hydroxylation is 1. The zero-order chi connectivity index (χ0) is 13.1. The molecule has 1 N–H and O–H groups in total. The largest absolute Gasteiger partial charge is 0.461 e. The third-order valence-corrected chi connectivity index (χ3v) is 2.21. The minimum Gasteiger partial charge on any atom is -0.461 e. The van der Waals surface area contributed by atoms with E-state index in [0.717, 1.165) is 17.8 Å². The van der Waals surface area contributed by atoms with E-state index in [0.29, 0.717) is 6.01 Å². The maximum absolute atomic E-state index is 5.45. The first kappa shape index (κ1) is 13.9. The average molecular weight is 237 g/mol. The van der Waals surface area contributed by atoms with Crippen LogP contribution in [0.3, 0.4) is 0 Å². The summed E-state index contributed by atoms with van der Waals surface area (Å²) in [6.45, 7) is 13.1. The molecule has 0 aliphatic carbocycles. The van der Waals surface area contributed by atoms with Crippen LogP contribution in [-0.2, 0) is 6.54 Å². The first-order valence-corrected chi connectivity index (χ1v) is 6.02. The Morgan fingerprint density at radius 3 is 2.47 bits per heavy atom. The Morgan fingerprint density at radius 2 is 2.00 bits per heavy atom. The summed E-state index contributed by atoms with van der Waals surface area (Å²) in [6.07, 6.45) is 1.94. The van der Waals surface area contributed by atoms with Gasteiger partial charge in [-0.3, -0.25) is 0 Å². The van der Waals surface area contributed by atoms with Crippen LogP contribution in [0.2, 0.25) is 0 Å². The van der Waals surface area contributed by atoms with Crippen molar-refractivity contribution >= 4 is 0 Å². The van der Waals surface area contributed by atoms with Crippen LogP contribution in [0.5, 0.6) is 6.01 Å². The monoisotopic (exact) mass is 237 g/mol. The van der Waals surface area contributed by atoms with Crippen LogP contribution in [0.15, 0.2) is 6.20 Å². The van der Waals surface area contributed by atoms with Gasteiger partial charge in [-0.2, -0.15) is 0 Å². The Bertz CT molecular complexity index is 369. The second-order valence-corrected chi connectivity index (χ2v) is 5.53. The number of aromatic nitrogens is 2.